The van der Waals surface area contributed by atoms with Crippen LogP contribution in [0.3, 0.4) is 0 Å². The summed E-state index contributed by atoms with van der Waals surface area (Å²) in [5, 5.41) is 13.0. The van der Waals surface area contributed by atoms with E-state index in [0.29, 0.717) is 41.5 Å². The van der Waals surface area contributed by atoms with E-state index < -0.39 is 6.03 Å². The van der Waals surface area contributed by atoms with Gasteiger partial charge in [-0.1, -0.05) is 17.7 Å². The molecule has 3 N–H and O–H groups in total. The fraction of sp³-hybridized carbons (Fsp3) is 0.273. The molecule has 0 aliphatic carbocycles. The monoisotopic (exact) mass is 409 g/mol. The number of ether oxygens (including phenoxy) is 2. The molecule has 0 radical (unpaired) electrons. The molecule has 0 saturated carbocycles. The molecule has 0 saturated heterocycles. The third-order valence-electron chi connectivity index (χ3n) is 4.91. The minimum atomic E-state index is -0.394. The zero-order valence-electron chi connectivity index (χ0n) is 16.6. The molecule has 1 aromatic heterocycles. The first kappa shape index (κ1) is 19.8. The summed E-state index contributed by atoms with van der Waals surface area (Å²) in [5.74, 6) is 1.22. The Morgan fingerprint density at radius 1 is 1.13 bits per heavy atom. The molecule has 0 unspecified atom stereocenters. The Balaban J connectivity index is 1.59. The molecule has 30 heavy (non-hydrogen) atoms. The van der Waals surface area contributed by atoms with Gasteiger partial charge in [0.05, 0.1) is 18.7 Å². The Bertz CT molecular complexity index is 1120. The Hall–Kier alpha value is -3.52. The molecular weight excluding hydrogens is 386 g/mol. The van der Waals surface area contributed by atoms with Crippen LogP contribution < -0.4 is 20.3 Å². The molecule has 0 atom stereocenters. The number of H-pyrrole nitrogens is 1. The van der Waals surface area contributed by atoms with Crippen molar-refractivity contribution in [2.75, 3.05) is 31.7 Å². The third kappa shape index (κ3) is 4.23. The number of rotatable bonds is 5. The molecule has 0 bridgehead atoms. The summed E-state index contributed by atoms with van der Waals surface area (Å²) in [6.45, 7) is 2.83. The van der Waals surface area contributed by atoms with E-state index in [1.165, 1.54) is 4.90 Å². The number of hydrogen-bond donors (Lipinski definition) is 3. The zero-order chi connectivity index (χ0) is 21.1. The fourth-order valence-electron chi connectivity index (χ4n) is 3.32. The molecule has 2 heterocycles. The highest BCUT2D eigenvalue weighted by Gasteiger charge is 2.18. The second kappa shape index (κ2) is 8.46. The van der Waals surface area contributed by atoms with E-state index in [0.717, 1.165) is 10.9 Å². The van der Waals surface area contributed by atoms with Crippen molar-refractivity contribution in [1.29, 1.82) is 0 Å². The number of aryl methyl sites for hydroxylation is 1. The minimum Gasteiger partial charge on any atom is -0.486 e. The van der Waals surface area contributed by atoms with Gasteiger partial charge in [-0.25, -0.2) is 4.79 Å². The van der Waals surface area contributed by atoms with Gasteiger partial charge in [-0.15, -0.1) is 0 Å². The van der Waals surface area contributed by atoms with Crippen molar-refractivity contribution in [2.24, 2.45) is 0 Å². The van der Waals surface area contributed by atoms with Gasteiger partial charge in [0.25, 0.3) is 5.56 Å². The smallest absolute Gasteiger partial charge is 0.322 e. The van der Waals surface area contributed by atoms with E-state index in [2.05, 4.69) is 10.3 Å². The average Bonchev–Trinajstić information content (AvgIpc) is 2.74. The van der Waals surface area contributed by atoms with Crippen molar-refractivity contribution >= 4 is 22.6 Å². The van der Waals surface area contributed by atoms with Gasteiger partial charge in [0.2, 0.25) is 0 Å². The van der Waals surface area contributed by atoms with E-state index in [4.69, 9.17) is 9.47 Å². The van der Waals surface area contributed by atoms with Crippen molar-refractivity contribution in [2.45, 2.75) is 13.5 Å². The van der Waals surface area contributed by atoms with Crippen LogP contribution in [0.2, 0.25) is 0 Å². The summed E-state index contributed by atoms with van der Waals surface area (Å²) in [4.78, 5) is 29.6. The highest BCUT2D eigenvalue weighted by molar-refractivity contribution is 5.89. The van der Waals surface area contributed by atoms with Crippen LogP contribution in [-0.4, -0.2) is 47.4 Å². The SMILES string of the molecule is Cc1ccc(NC(=O)N(CCO)Cc2cc3cc4c(cc3[nH]c2=O)OCCO4)cc1. The van der Waals surface area contributed by atoms with Gasteiger partial charge >= 0.3 is 6.03 Å². The Kier molecular flexibility index (Phi) is 5.58. The molecule has 2 aromatic carbocycles. The van der Waals surface area contributed by atoms with E-state index in [9.17, 15) is 14.7 Å². The fourth-order valence-corrected chi connectivity index (χ4v) is 3.32. The number of fused-ring (bicyclic) bond motifs is 2. The number of urea groups is 1. The number of pyridine rings is 1. The molecule has 0 fully saturated rings. The maximum atomic E-state index is 12.7. The van der Waals surface area contributed by atoms with Crippen LogP contribution in [0.5, 0.6) is 11.5 Å². The quantitative estimate of drug-likeness (QED) is 0.601. The Morgan fingerprint density at radius 3 is 2.53 bits per heavy atom. The number of carbonyl (C=O) groups is 1. The van der Waals surface area contributed by atoms with Gasteiger partial charge in [-0.3, -0.25) is 4.79 Å². The number of carbonyl (C=O) groups excluding carboxylic acids is 1. The predicted octanol–water partition coefficient (Wildman–Crippen LogP) is 2.63. The molecule has 156 valence electrons. The summed E-state index contributed by atoms with van der Waals surface area (Å²) < 4.78 is 11.2. The lowest BCUT2D eigenvalue weighted by Gasteiger charge is -2.22. The van der Waals surface area contributed by atoms with Crippen LogP contribution in [0.25, 0.3) is 10.9 Å². The molecule has 8 nitrogen and oxygen atoms in total. The maximum absolute atomic E-state index is 12.7. The summed E-state index contributed by atoms with van der Waals surface area (Å²) in [5.41, 5.74) is 2.46. The first-order chi connectivity index (χ1) is 14.5. The van der Waals surface area contributed by atoms with Crippen molar-refractivity contribution in [1.82, 2.24) is 9.88 Å². The molecule has 0 spiro atoms. The number of amides is 2. The van der Waals surface area contributed by atoms with Crippen molar-refractivity contribution in [3.05, 3.63) is 63.9 Å². The number of benzene rings is 2. The lowest BCUT2D eigenvalue weighted by Crippen LogP contribution is -2.38. The number of aromatic nitrogens is 1. The number of aliphatic hydroxyl groups is 1. The van der Waals surface area contributed by atoms with Gasteiger partial charge in [-0.05, 0) is 31.2 Å². The van der Waals surface area contributed by atoms with Crippen LogP contribution in [-0.2, 0) is 6.54 Å². The second-order valence-electron chi connectivity index (χ2n) is 7.15. The Labute approximate surface area is 173 Å². The highest BCUT2D eigenvalue weighted by atomic mass is 16.6. The van der Waals surface area contributed by atoms with Crippen LogP contribution >= 0.6 is 0 Å². The summed E-state index contributed by atoms with van der Waals surface area (Å²) >= 11 is 0. The van der Waals surface area contributed by atoms with Crippen molar-refractivity contribution in [3.63, 3.8) is 0 Å². The van der Waals surface area contributed by atoms with Crippen LogP contribution in [0.4, 0.5) is 10.5 Å². The van der Waals surface area contributed by atoms with Crippen LogP contribution in [0.1, 0.15) is 11.1 Å². The largest absolute Gasteiger partial charge is 0.486 e. The molecule has 4 rings (SSSR count). The van der Waals surface area contributed by atoms with Gasteiger partial charge in [0.15, 0.2) is 11.5 Å². The van der Waals surface area contributed by atoms with E-state index in [1.807, 2.05) is 25.1 Å². The number of hydrogen-bond acceptors (Lipinski definition) is 5. The van der Waals surface area contributed by atoms with Crippen molar-refractivity contribution < 1.29 is 19.4 Å². The second-order valence-corrected chi connectivity index (χ2v) is 7.15. The van der Waals surface area contributed by atoms with Crippen LogP contribution in [0, 0.1) is 6.92 Å². The third-order valence-corrected chi connectivity index (χ3v) is 4.91. The number of aromatic amines is 1. The van der Waals surface area contributed by atoms with Gasteiger partial charge in [0.1, 0.15) is 13.2 Å². The molecular formula is C22H23N3O5. The normalized spacial score (nSPS) is 12.6. The summed E-state index contributed by atoms with van der Waals surface area (Å²) in [6, 6.07) is 12.3. The van der Waals surface area contributed by atoms with E-state index in [-0.39, 0.29) is 25.3 Å². The summed E-state index contributed by atoms with van der Waals surface area (Å²) in [6.07, 6.45) is 0. The van der Waals surface area contributed by atoms with E-state index >= 15 is 0 Å². The molecule has 2 amide bonds. The lowest BCUT2D eigenvalue weighted by atomic mass is 10.1. The average molecular weight is 409 g/mol. The maximum Gasteiger partial charge on any atom is 0.322 e. The van der Waals surface area contributed by atoms with Gasteiger partial charge in [-0.2, -0.15) is 0 Å². The summed E-state index contributed by atoms with van der Waals surface area (Å²) in [7, 11) is 0. The number of aliphatic hydroxyl groups excluding tert-OH is 1. The molecule has 8 heteroatoms. The zero-order valence-corrected chi connectivity index (χ0v) is 16.6. The number of anilines is 1. The molecule has 1 aliphatic rings. The number of nitrogens with zero attached hydrogens (tertiary/aromatic N) is 1. The van der Waals surface area contributed by atoms with Gasteiger partial charge < -0.3 is 29.8 Å². The first-order valence-corrected chi connectivity index (χ1v) is 9.72. The lowest BCUT2D eigenvalue weighted by molar-refractivity contribution is 0.172. The first-order valence-electron chi connectivity index (χ1n) is 9.72. The molecule has 3 aromatic rings. The standard InChI is InChI=1S/C22H23N3O5/c1-14-2-4-17(5-3-14)23-22(28)25(6-7-26)13-16-10-15-11-19-20(30-9-8-29-19)12-18(15)24-21(16)27/h2-5,10-12,26H,6-9,13H2,1H3,(H,23,28)(H,24,27). The van der Waals surface area contributed by atoms with Crippen molar-refractivity contribution in [3.8, 4) is 11.5 Å². The predicted molar refractivity (Wildman–Crippen MR) is 113 cm³/mol. The van der Waals surface area contributed by atoms with Crippen LogP contribution in [0.15, 0.2) is 47.3 Å². The molecule has 1 aliphatic heterocycles. The number of nitrogens with one attached hydrogen (secondary N) is 2. The van der Waals surface area contributed by atoms with E-state index in [1.54, 1.807) is 24.3 Å². The Morgan fingerprint density at radius 2 is 1.83 bits per heavy atom. The van der Waals surface area contributed by atoms with Gasteiger partial charge in [0, 0.05) is 29.2 Å². The minimum absolute atomic E-state index is 0.0535. The highest BCUT2D eigenvalue weighted by Crippen LogP contribution is 2.33. The topological polar surface area (TPSA) is 104 Å².